The molecule has 2 heterocycles. The molecule has 0 atom stereocenters. The summed E-state index contributed by atoms with van der Waals surface area (Å²) in [5.74, 6) is 0.710. The van der Waals surface area contributed by atoms with Gasteiger partial charge in [-0.25, -0.2) is 14.8 Å². The molecule has 0 saturated carbocycles. The molecule has 0 aliphatic carbocycles. The molecule has 3 aromatic rings. The van der Waals surface area contributed by atoms with Crippen LogP contribution in [-0.2, 0) is 4.74 Å². The van der Waals surface area contributed by atoms with Gasteiger partial charge in [-0.1, -0.05) is 30.3 Å². The highest BCUT2D eigenvalue weighted by molar-refractivity contribution is 7.16. The molecular formula is C16H14N2O3S. The Hall–Kier alpha value is -2.47. The highest BCUT2D eigenvalue weighted by atomic mass is 32.1. The summed E-state index contributed by atoms with van der Waals surface area (Å²) in [6.07, 6.45) is 1.66. The van der Waals surface area contributed by atoms with Gasteiger partial charge in [-0.3, -0.25) is 0 Å². The van der Waals surface area contributed by atoms with Crippen molar-refractivity contribution < 1.29 is 13.9 Å². The van der Waals surface area contributed by atoms with Gasteiger partial charge in [-0.05, 0) is 13.8 Å². The number of thiazole rings is 1. The van der Waals surface area contributed by atoms with Crippen molar-refractivity contribution in [3.63, 3.8) is 0 Å². The molecule has 0 fully saturated rings. The van der Waals surface area contributed by atoms with E-state index in [4.69, 9.17) is 9.15 Å². The number of oxazole rings is 1. The Morgan fingerprint density at radius 2 is 2.09 bits per heavy atom. The van der Waals surface area contributed by atoms with Gasteiger partial charge >= 0.3 is 5.97 Å². The topological polar surface area (TPSA) is 65.2 Å². The van der Waals surface area contributed by atoms with Crippen LogP contribution >= 0.6 is 11.3 Å². The van der Waals surface area contributed by atoms with Crippen LogP contribution in [0.1, 0.15) is 22.3 Å². The summed E-state index contributed by atoms with van der Waals surface area (Å²) in [5.41, 5.74) is 1.57. The zero-order valence-electron chi connectivity index (χ0n) is 12.2. The number of hydrogen-bond acceptors (Lipinski definition) is 6. The van der Waals surface area contributed by atoms with Crippen LogP contribution in [0.15, 0.2) is 40.9 Å². The fourth-order valence-electron chi connectivity index (χ4n) is 1.98. The molecule has 0 spiro atoms. The molecule has 3 rings (SSSR count). The molecule has 5 nitrogen and oxygen atoms in total. The average molecular weight is 314 g/mol. The number of aryl methyl sites for hydroxylation is 1. The molecule has 6 heteroatoms. The zero-order chi connectivity index (χ0) is 15.5. The lowest BCUT2D eigenvalue weighted by Crippen LogP contribution is -2.03. The van der Waals surface area contributed by atoms with Gasteiger partial charge in [0.2, 0.25) is 0 Å². The molecule has 0 aliphatic heterocycles. The maximum Gasteiger partial charge on any atom is 0.350 e. The Balaban J connectivity index is 1.91. The Kier molecular flexibility index (Phi) is 4.02. The van der Waals surface area contributed by atoms with Crippen molar-refractivity contribution in [1.82, 2.24) is 9.97 Å². The minimum atomic E-state index is -0.362. The van der Waals surface area contributed by atoms with Crippen molar-refractivity contribution in [1.29, 1.82) is 0 Å². The zero-order valence-corrected chi connectivity index (χ0v) is 13.0. The molecular weight excluding hydrogens is 300 g/mol. The molecule has 0 amide bonds. The third kappa shape index (κ3) is 2.78. The normalized spacial score (nSPS) is 10.6. The van der Waals surface area contributed by atoms with Crippen LogP contribution in [0.5, 0.6) is 0 Å². The number of carbonyl (C=O) groups excluding carboxylic acids is 1. The summed E-state index contributed by atoms with van der Waals surface area (Å²) in [4.78, 5) is 20.9. The number of esters is 1. The largest absolute Gasteiger partial charge is 0.462 e. The van der Waals surface area contributed by atoms with Gasteiger partial charge in [0.15, 0.2) is 10.8 Å². The Labute approximate surface area is 131 Å². The molecule has 22 heavy (non-hydrogen) atoms. The van der Waals surface area contributed by atoms with Crippen LogP contribution in [0.4, 0.5) is 0 Å². The van der Waals surface area contributed by atoms with Crippen LogP contribution in [0.2, 0.25) is 0 Å². The van der Waals surface area contributed by atoms with Crippen molar-refractivity contribution in [3.05, 3.63) is 47.1 Å². The maximum atomic E-state index is 11.8. The highest BCUT2D eigenvalue weighted by Crippen LogP contribution is 2.30. The van der Waals surface area contributed by atoms with E-state index < -0.39 is 0 Å². The van der Waals surface area contributed by atoms with Gasteiger partial charge in [-0.15, -0.1) is 11.3 Å². The Morgan fingerprint density at radius 3 is 2.82 bits per heavy atom. The first-order chi connectivity index (χ1) is 10.7. The quantitative estimate of drug-likeness (QED) is 0.682. The number of aromatic nitrogens is 2. The summed E-state index contributed by atoms with van der Waals surface area (Å²) in [6, 6.07) is 9.70. The Morgan fingerprint density at radius 1 is 1.32 bits per heavy atom. The first-order valence-electron chi connectivity index (χ1n) is 6.85. The summed E-state index contributed by atoms with van der Waals surface area (Å²) in [7, 11) is 0. The van der Waals surface area contributed by atoms with Gasteiger partial charge in [0.05, 0.1) is 18.5 Å². The SMILES string of the molecule is CCOC(=O)c1sc(-c2ncc(-c3ccccc3)o2)nc1C. The van der Waals surface area contributed by atoms with E-state index in [1.54, 1.807) is 20.0 Å². The minimum Gasteiger partial charge on any atom is -0.462 e. The predicted octanol–water partition coefficient (Wildman–Crippen LogP) is 3.95. The minimum absolute atomic E-state index is 0.336. The monoisotopic (exact) mass is 314 g/mol. The second-order valence-corrected chi connectivity index (χ2v) is 5.55. The van der Waals surface area contributed by atoms with E-state index in [-0.39, 0.29) is 5.97 Å². The number of rotatable bonds is 4. The molecule has 0 N–H and O–H groups in total. The molecule has 0 saturated heterocycles. The van der Waals surface area contributed by atoms with E-state index >= 15 is 0 Å². The van der Waals surface area contributed by atoms with Crippen LogP contribution in [-0.4, -0.2) is 22.5 Å². The van der Waals surface area contributed by atoms with Crippen molar-refractivity contribution in [2.24, 2.45) is 0 Å². The van der Waals surface area contributed by atoms with Crippen molar-refractivity contribution in [2.45, 2.75) is 13.8 Å². The molecule has 0 unspecified atom stereocenters. The van der Waals surface area contributed by atoms with Crippen molar-refractivity contribution in [2.75, 3.05) is 6.61 Å². The van der Waals surface area contributed by atoms with E-state index in [1.165, 1.54) is 11.3 Å². The summed E-state index contributed by atoms with van der Waals surface area (Å²) in [5, 5.41) is 0.572. The molecule has 0 aliphatic rings. The van der Waals surface area contributed by atoms with Gasteiger partial charge < -0.3 is 9.15 Å². The second-order valence-electron chi connectivity index (χ2n) is 4.55. The lowest BCUT2D eigenvalue weighted by atomic mass is 10.2. The molecule has 0 radical (unpaired) electrons. The van der Waals surface area contributed by atoms with E-state index in [1.807, 2.05) is 30.3 Å². The number of carbonyl (C=O) groups is 1. The van der Waals surface area contributed by atoms with Crippen LogP contribution in [0.25, 0.3) is 22.2 Å². The van der Waals surface area contributed by atoms with Crippen molar-refractivity contribution in [3.8, 4) is 22.2 Å². The van der Waals surface area contributed by atoms with Crippen LogP contribution < -0.4 is 0 Å². The first-order valence-corrected chi connectivity index (χ1v) is 7.67. The molecule has 2 aromatic heterocycles. The predicted molar refractivity (Wildman–Crippen MR) is 83.7 cm³/mol. The van der Waals surface area contributed by atoms with Crippen molar-refractivity contribution >= 4 is 17.3 Å². The highest BCUT2D eigenvalue weighted by Gasteiger charge is 2.20. The van der Waals surface area contributed by atoms with Gasteiger partial charge in [-0.2, -0.15) is 0 Å². The van der Waals surface area contributed by atoms with E-state index in [2.05, 4.69) is 9.97 Å². The standard InChI is InChI=1S/C16H14N2O3S/c1-3-20-16(19)13-10(2)18-15(22-13)14-17-9-12(21-14)11-7-5-4-6-8-11/h4-9H,3H2,1-2H3. The van der Waals surface area contributed by atoms with Gasteiger partial charge in [0.25, 0.3) is 5.89 Å². The van der Waals surface area contributed by atoms with Gasteiger partial charge in [0, 0.05) is 5.56 Å². The number of ether oxygens (including phenoxy) is 1. The lowest BCUT2D eigenvalue weighted by molar-refractivity contribution is 0.0531. The molecule has 0 bridgehead atoms. The third-order valence-corrected chi connectivity index (χ3v) is 4.13. The van der Waals surface area contributed by atoms with E-state index in [9.17, 15) is 4.79 Å². The third-order valence-electron chi connectivity index (χ3n) is 3.00. The summed E-state index contributed by atoms with van der Waals surface area (Å²) >= 11 is 1.23. The summed E-state index contributed by atoms with van der Waals surface area (Å²) < 4.78 is 10.8. The smallest absolute Gasteiger partial charge is 0.350 e. The maximum absolute atomic E-state index is 11.8. The fourth-order valence-corrected chi connectivity index (χ4v) is 2.88. The average Bonchev–Trinajstić information content (AvgIpc) is 3.15. The first kappa shape index (κ1) is 14.5. The number of nitrogens with zero attached hydrogens (tertiary/aromatic N) is 2. The number of hydrogen-bond donors (Lipinski definition) is 0. The molecule has 1 aromatic carbocycles. The lowest BCUT2D eigenvalue weighted by Gasteiger charge is -1.97. The van der Waals surface area contributed by atoms with E-state index in [0.717, 1.165) is 5.56 Å². The van der Waals surface area contributed by atoms with Crippen LogP contribution in [0.3, 0.4) is 0 Å². The fraction of sp³-hybridized carbons (Fsp3) is 0.188. The summed E-state index contributed by atoms with van der Waals surface area (Å²) in [6.45, 7) is 3.88. The van der Waals surface area contributed by atoms with E-state index in [0.29, 0.717) is 33.8 Å². The van der Waals surface area contributed by atoms with Gasteiger partial charge in [0.1, 0.15) is 4.88 Å². The number of benzene rings is 1. The Bertz CT molecular complexity index is 793. The second kappa shape index (κ2) is 6.11. The molecule has 112 valence electrons. The van der Waals surface area contributed by atoms with Crippen LogP contribution in [0, 0.1) is 6.92 Å².